The Morgan fingerprint density at radius 2 is 1.88 bits per heavy atom. The molecule has 1 aromatic carbocycles. The average Bonchev–Trinajstić information content (AvgIpc) is 2.22. The smallest absolute Gasteiger partial charge is 0.294 e. The van der Waals surface area contributed by atoms with Crippen molar-refractivity contribution in [3.8, 4) is 0 Å². The van der Waals surface area contributed by atoms with Gasteiger partial charge in [-0.3, -0.25) is 4.55 Å². The quantitative estimate of drug-likeness (QED) is 0.816. The molecule has 0 aliphatic carbocycles. The summed E-state index contributed by atoms with van der Waals surface area (Å²) in [5.74, 6) is 0. The van der Waals surface area contributed by atoms with Gasteiger partial charge in [-0.2, -0.15) is 8.42 Å². The second kappa shape index (κ2) is 7.42. The van der Waals surface area contributed by atoms with Crippen molar-refractivity contribution in [2.24, 2.45) is 5.73 Å². The first-order chi connectivity index (χ1) is 7.82. The van der Waals surface area contributed by atoms with Gasteiger partial charge in [0.15, 0.2) is 0 Å². The van der Waals surface area contributed by atoms with E-state index in [9.17, 15) is 8.42 Å². The van der Waals surface area contributed by atoms with Crippen LogP contribution in [-0.2, 0) is 10.1 Å². The van der Waals surface area contributed by atoms with Crippen LogP contribution < -0.4 is 5.73 Å². The van der Waals surface area contributed by atoms with E-state index in [2.05, 4.69) is 6.92 Å². The monoisotopic (exact) mass is 259 g/mol. The zero-order chi connectivity index (χ0) is 13.5. The van der Waals surface area contributed by atoms with Crippen molar-refractivity contribution in [2.75, 3.05) is 6.54 Å². The molecule has 0 aliphatic heterocycles. The third kappa shape index (κ3) is 6.41. The molecule has 1 aromatic rings. The van der Waals surface area contributed by atoms with Crippen LogP contribution >= 0.6 is 0 Å². The number of hydrogen-bond donors (Lipinski definition) is 2. The van der Waals surface area contributed by atoms with E-state index >= 15 is 0 Å². The number of nitrogens with two attached hydrogens (primary N) is 1. The summed E-state index contributed by atoms with van der Waals surface area (Å²) in [5, 5.41) is 0. The van der Waals surface area contributed by atoms with Crippen LogP contribution in [0.25, 0.3) is 0 Å². The van der Waals surface area contributed by atoms with Crippen LogP contribution in [0.5, 0.6) is 0 Å². The number of hydrogen-bond acceptors (Lipinski definition) is 3. The molecule has 0 heterocycles. The van der Waals surface area contributed by atoms with Gasteiger partial charge in [-0.1, -0.05) is 25.5 Å². The zero-order valence-corrected chi connectivity index (χ0v) is 11.4. The molecule has 3 N–H and O–H groups in total. The van der Waals surface area contributed by atoms with E-state index in [0.29, 0.717) is 5.56 Å². The predicted molar refractivity (Wildman–Crippen MR) is 69.7 cm³/mol. The SMILES string of the molecule is CCCCN.Cc1ccc(C)c(S(=O)(=O)O)c1. The summed E-state index contributed by atoms with van der Waals surface area (Å²) in [4.78, 5) is -0.0116. The second-order valence-corrected chi connectivity index (χ2v) is 5.28. The van der Waals surface area contributed by atoms with E-state index in [1.54, 1.807) is 26.0 Å². The first kappa shape index (κ1) is 16.1. The van der Waals surface area contributed by atoms with E-state index in [0.717, 1.165) is 12.1 Å². The fourth-order valence-corrected chi connectivity index (χ4v) is 2.00. The standard InChI is InChI=1S/C8H10O3S.C4H11N/c1-6-3-4-7(2)8(5-6)12(9,10)11;1-2-3-4-5/h3-5H,1-2H3,(H,9,10,11);2-5H2,1H3. The highest BCUT2D eigenvalue weighted by atomic mass is 32.2. The molecule has 4 nitrogen and oxygen atoms in total. The highest BCUT2D eigenvalue weighted by Crippen LogP contribution is 2.15. The molecule has 0 aromatic heterocycles. The zero-order valence-electron chi connectivity index (χ0n) is 10.6. The summed E-state index contributed by atoms with van der Waals surface area (Å²) < 4.78 is 30.3. The summed E-state index contributed by atoms with van der Waals surface area (Å²) in [6.45, 7) is 6.39. The van der Waals surface area contributed by atoms with E-state index in [1.807, 2.05) is 0 Å². The summed E-state index contributed by atoms with van der Waals surface area (Å²) in [6.07, 6.45) is 2.39. The first-order valence-corrected chi connectivity index (χ1v) is 7.01. The molecular formula is C12H21NO3S. The Morgan fingerprint density at radius 3 is 2.18 bits per heavy atom. The molecule has 0 unspecified atom stereocenters. The molecule has 5 heteroatoms. The van der Waals surface area contributed by atoms with Crippen molar-refractivity contribution >= 4 is 10.1 Å². The average molecular weight is 259 g/mol. The van der Waals surface area contributed by atoms with Crippen molar-refractivity contribution < 1.29 is 13.0 Å². The van der Waals surface area contributed by atoms with Gasteiger partial charge in [0, 0.05) is 0 Å². The molecule has 0 spiro atoms. The molecule has 0 aliphatic rings. The molecule has 0 fully saturated rings. The van der Waals surface area contributed by atoms with Gasteiger partial charge >= 0.3 is 0 Å². The minimum atomic E-state index is -4.06. The largest absolute Gasteiger partial charge is 0.330 e. The Balaban J connectivity index is 0.000000437. The van der Waals surface area contributed by atoms with Crippen LogP contribution in [0.15, 0.2) is 23.1 Å². The van der Waals surface area contributed by atoms with Crippen LogP contribution in [0.4, 0.5) is 0 Å². The Hall–Kier alpha value is -0.910. The summed E-state index contributed by atoms with van der Waals surface area (Å²) in [5.41, 5.74) is 6.51. The molecular weight excluding hydrogens is 238 g/mol. The van der Waals surface area contributed by atoms with Crippen molar-refractivity contribution in [3.63, 3.8) is 0 Å². The summed E-state index contributed by atoms with van der Waals surface area (Å²) in [7, 11) is -4.06. The Kier molecular flexibility index (Phi) is 7.03. The van der Waals surface area contributed by atoms with E-state index in [1.165, 1.54) is 18.9 Å². The molecule has 0 atom stereocenters. The summed E-state index contributed by atoms with van der Waals surface area (Å²) in [6, 6.07) is 4.91. The lowest BCUT2D eigenvalue weighted by Gasteiger charge is -2.02. The van der Waals surface area contributed by atoms with Crippen molar-refractivity contribution in [1.29, 1.82) is 0 Å². The molecule has 0 saturated carbocycles. The lowest BCUT2D eigenvalue weighted by Crippen LogP contribution is -2.00. The van der Waals surface area contributed by atoms with Crippen LogP contribution in [0.2, 0.25) is 0 Å². The fourth-order valence-electron chi connectivity index (χ4n) is 1.19. The van der Waals surface area contributed by atoms with Gasteiger partial charge < -0.3 is 5.73 Å². The van der Waals surface area contributed by atoms with Gasteiger partial charge in [-0.15, -0.1) is 0 Å². The van der Waals surface area contributed by atoms with E-state index in [4.69, 9.17) is 10.3 Å². The normalized spacial score (nSPS) is 10.6. The summed E-state index contributed by atoms with van der Waals surface area (Å²) >= 11 is 0. The van der Waals surface area contributed by atoms with Crippen molar-refractivity contribution in [1.82, 2.24) is 0 Å². The topological polar surface area (TPSA) is 80.4 Å². The fraction of sp³-hybridized carbons (Fsp3) is 0.500. The Morgan fingerprint density at radius 1 is 1.29 bits per heavy atom. The Labute approximate surface area is 104 Å². The number of aryl methyl sites for hydroxylation is 2. The molecule has 0 amide bonds. The molecule has 0 bridgehead atoms. The molecule has 1 rings (SSSR count). The van der Waals surface area contributed by atoms with Crippen LogP contribution in [0.3, 0.4) is 0 Å². The first-order valence-electron chi connectivity index (χ1n) is 5.57. The molecule has 0 radical (unpaired) electrons. The van der Waals surface area contributed by atoms with Gasteiger partial charge in [-0.25, -0.2) is 0 Å². The molecule has 17 heavy (non-hydrogen) atoms. The highest BCUT2D eigenvalue weighted by molar-refractivity contribution is 7.85. The third-order valence-corrected chi connectivity index (χ3v) is 3.17. The number of rotatable bonds is 3. The van der Waals surface area contributed by atoms with Crippen LogP contribution in [0.1, 0.15) is 30.9 Å². The second-order valence-electron chi connectivity index (χ2n) is 3.89. The predicted octanol–water partition coefficient (Wildman–Crippen LogP) is 2.30. The van der Waals surface area contributed by atoms with Crippen molar-refractivity contribution in [3.05, 3.63) is 29.3 Å². The highest BCUT2D eigenvalue weighted by Gasteiger charge is 2.11. The van der Waals surface area contributed by atoms with Crippen LogP contribution in [-0.4, -0.2) is 19.5 Å². The van der Waals surface area contributed by atoms with Gasteiger partial charge in [0.2, 0.25) is 0 Å². The third-order valence-electron chi connectivity index (χ3n) is 2.18. The maximum Gasteiger partial charge on any atom is 0.294 e. The molecule has 0 saturated heterocycles. The molecule has 98 valence electrons. The Bertz CT molecular complexity index is 439. The lowest BCUT2D eigenvalue weighted by atomic mass is 10.2. The number of unbranched alkanes of at least 4 members (excludes halogenated alkanes) is 1. The van der Waals surface area contributed by atoms with Crippen LogP contribution in [0, 0.1) is 13.8 Å². The van der Waals surface area contributed by atoms with Gasteiger partial charge in [0.05, 0.1) is 4.90 Å². The van der Waals surface area contributed by atoms with Gasteiger partial charge in [0.25, 0.3) is 10.1 Å². The van der Waals surface area contributed by atoms with Gasteiger partial charge in [0.1, 0.15) is 0 Å². The van der Waals surface area contributed by atoms with E-state index < -0.39 is 10.1 Å². The lowest BCUT2D eigenvalue weighted by molar-refractivity contribution is 0.482. The van der Waals surface area contributed by atoms with Gasteiger partial charge in [-0.05, 0) is 44.0 Å². The minimum Gasteiger partial charge on any atom is -0.330 e. The van der Waals surface area contributed by atoms with E-state index in [-0.39, 0.29) is 4.90 Å². The maximum atomic E-state index is 10.8. The minimum absolute atomic E-state index is 0.0116. The van der Waals surface area contributed by atoms with Crippen molar-refractivity contribution in [2.45, 2.75) is 38.5 Å². The number of benzene rings is 1. The maximum absolute atomic E-state index is 10.8.